The molecule has 0 rings (SSSR count). The zero-order valence-corrected chi connectivity index (χ0v) is 14.9. The predicted molar refractivity (Wildman–Crippen MR) is 92.0 cm³/mol. The SMILES string of the molecule is CCCCCCCCC(Cl)CCCCCCCC(=O)OC. The number of unbranched alkanes of at least 4 members (excludes halogenated alkanes) is 9. The van der Waals surface area contributed by atoms with Crippen molar-refractivity contribution in [2.24, 2.45) is 0 Å². The highest BCUT2D eigenvalue weighted by Crippen LogP contribution is 2.18. The molecule has 1 atom stereocenters. The summed E-state index contributed by atoms with van der Waals surface area (Å²) in [6, 6.07) is 0. The van der Waals surface area contributed by atoms with E-state index >= 15 is 0 Å². The number of esters is 1. The molecule has 0 radical (unpaired) electrons. The first-order chi connectivity index (χ1) is 10.2. The highest BCUT2D eigenvalue weighted by molar-refractivity contribution is 6.20. The van der Waals surface area contributed by atoms with Crippen molar-refractivity contribution in [2.75, 3.05) is 7.11 Å². The Morgan fingerprint density at radius 1 is 0.857 bits per heavy atom. The topological polar surface area (TPSA) is 26.3 Å². The van der Waals surface area contributed by atoms with Gasteiger partial charge >= 0.3 is 5.97 Å². The summed E-state index contributed by atoms with van der Waals surface area (Å²) >= 11 is 6.36. The molecule has 0 aliphatic heterocycles. The summed E-state index contributed by atoms with van der Waals surface area (Å²) in [4.78, 5) is 10.9. The standard InChI is InChI=1S/C18H35ClO2/c1-3-4-5-6-8-11-14-17(19)15-12-9-7-10-13-16-18(20)21-2/h17H,3-16H2,1-2H3. The molecule has 0 aromatic carbocycles. The number of rotatable bonds is 15. The lowest BCUT2D eigenvalue weighted by atomic mass is 10.0. The molecule has 0 fully saturated rings. The number of hydrogen-bond donors (Lipinski definition) is 0. The molecule has 0 aliphatic carbocycles. The first-order valence-electron chi connectivity index (χ1n) is 8.91. The van der Waals surface area contributed by atoms with Crippen LogP contribution in [0, 0.1) is 0 Å². The van der Waals surface area contributed by atoms with E-state index in [4.69, 9.17) is 11.6 Å². The van der Waals surface area contributed by atoms with E-state index in [0.717, 1.165) is 19.3 Å². The molecule has 0 amide bonds. The van der Waals surface area contributed by atoms with E-state index in [0.29, 0.717) is 11.8 Å². The van der Waals surface area contributed by atoms with E-state index in [2.05, 4.69) is 11.7 Å². The molecule has 126 valence electrons. The Labute approximate surface area is 137 Å². The molecule has 0 aromatic rings. The summed E-state index contributed by atoms with van der Waals surface area (Å²) in [5.74, 6) is -0.0882. The van der Waals surface area contributed by atoms with Crippen molar-refractivity contribution in [3.05, 3.63) is 0 Å². The Hall–Kier alpha value is -0.240. The number of carbonyl (C=O) groups is 1. The van der Waals surface area contributed by atoms with Gasteiger partial charge in [0.2, 0.25) is 0 Å². The van der Waals surface area contributed by atoms with Gasteiger partial charge in [-0.2, -0.15) is 0 Å². The summed E-state index contributed by atoms with van der Waals surface area (Å²) in [5, 5.41) is 0.367. The van der Waals surface area contributed by atoms with Gasteiger partial charge in [0, 0.05) is 11.8 Å². The Balaban J connectivity index is 3.19. The van der Waals surface area contributed by atoms with Gasteiger partial charge in [0.05, 0.1) is 7.11 Å². The maximum absolute atomic E-state index is 10.9. The summed E-state index contributed by atoms with van der Waals surface area (Å²) in [7, 11) is 1.45. The van der Waals surface area contributed by atoms with Gasteiger partial charge in [-0.25, -0.2) is 0 Å². The van der Waals surface area contributed by atoms with Crippen molar-refractivity contribution in [1.82, 2.24) is 0 Å². The third-order valence-electron chi connectivity index (χ3n) is 4.00. The number of methoxy groups -OCH3 is 1. The molecule has 21 heavy (non-hydrogen) atoms. The number of hydrogen-bond acceptors (Lipinski definition) is 2. The Bertz CT molecular complexity index is 231. The molecule has 3 heteroatoms. The van der Waals surface area contributed by atoms with Crippen molar-refractivity contribution in [2.45, 2.75) is 102 Å². The van der Waals surface area contributed by atoms with E-state index in [9.17, 15) is 4.79 Å². The van der Waals surface area contributed by atoms with E-state index in [1.54, 1.807) is 0 Å². The van der Waals surface area contributed by atoms with E-state index in [-0.39, 0.29) is 5.97 Å². The largest absolute Gasteiger partial charge is 0.469 e. The maximum Gasteiger partial charge on any atom is 0.305 e. The van der Waals surface area contributed by atoms with Crippen LogP contribution in [-0.4, -0.2) is 18.5 Å². The molecule has 0 aliphatic rings. The molecule has 0 N–H and O–H groups in total. The Morgan fingerprint density at radius 2 is 1.33 bits per heavy atom. The molecule has 0 saturated heterocycles. The number of ether oxygens (including phenoxy) is 1. The van der Waals surface area contributed by atoms with E-state index in [1.807, 2.05) is 0 Å². The number of carbonyl (C=O) groups excluding carboxylic acids is 1. The first kappa shape index (κ1) is 20.8. The summed E-state index contributed by atoms with van der Waals surface area (Å²) in [6.45, 7) is 2.25. The monoisotopic (exact) mass is 318 g/mol. The minimum Gasteiger partial charge on any atom is -0.469 e. The fourth-order valence-electron chi connectivity index (χ4n) is 2.56. The average molecular weight is 319 g/mol. The van der Waals surface area contributed by atoms with Crippen LogP contribution in [0.1, 0.15) is 96.8 Å². The maximum atomic E-state index is 10.9. The summed E-state index contributed by atoms with van der Waals surface area (Å²) in [5.41, 5.74) is 0. The third kappa shape index (κ3) is 16.0. The Kier molecular flexibility index (Phi) is 16.0. The zero-order chi connectivity index (χ0) is 15.8. The van der Waals surface area contributed by atoms with Gasteiger partial charge in [-0.05, 0) is 19.3 Å². The molecule has 0 saturated carbocycles. The van der Waals surface area contributed by atoms with Gasteiger partial charge in [-0.3, -0.25) is 4.79 Å². The molecule has 2 nitrogen and oxygen atoms in total. The molecule has 0 spiro atoms. The number of halogens is 1. The van der Waals surface area contributed by atoms with Crippen LogP contribution in [0.4, 0.5) is 0 Å². The second-order valence-corrected chi connectivity index (χ2v) is 6.65. The van der Waals surface area contributed by atoms with Gasteiger partial charge in [0.1, 0.15) is 0 Å². The summed E-state index contributed by atoms with van der Waals surface area (Å²) in [6.07, 6.45) is 16.7. The normalized spacial score (nSPS) is 12.3. The zero-order valence-electron chi connectivity index (χ0n) is 14.2. The highest BCUT2D eigenvalue weighted by Gasteiger charge is 2.04. The van der Waals surface area contributed by atoms with Crippen LogP contribution >= 0.6 is 11.6 Å². The molecule has 0 heterocycles. The van der Waals surface area contributed by atoms with Gasteiger partial charge in [-0.15, -0.1) is 11.6 Å². The minimum atomic E-state index is -0.0882. The van der Waals surface area contributed by atoms with Gasteiger partial charge < -0.3 is 4.74 Å². The van der Waals surface area contributed by atoms with Crippen LogP contribution in [0.5, 0.6) is 0 Å². The second-order valence-electron chi connectivity index (χ2n) is 6.04. The van der Waals surface area contributed by atoms with Crippen molar-refractivity contribution in [3.8, 4) is 0 Å². The van der Waals surface area contributed by atoms with Crippen molar-refractivity contribution >= 4 is 17.6 Å². The van der Waals surface area contributed by atoms with Crippen LogP contribution in [-0.2, 0) is 9.53 Å². The molecular formula is C18H35ClO2. The summed E-state index contributed by atoms with van der Waals surface area (Å²) < 4.78 is 4.62. The van der Waals surface area contributed by atoms with Crippen LogP contribution in [0.3, 0.4) is 0 Å². The fourth-order valence-corrected chi connectivity index (χ4v) is 2.87. The lowest BCUT2D eigenvalue weighted by Crippen LogP contribution is -2.00. The van der Waals surface area contributed by atoms with Crippen LogP contribution < -0.4 is 0 Å². The van der Waals surface area contributed by atoms with Gasteiger partial charge in [-0.1, -0.05) is 71.1 Å². The molecule has 0 bridgehead atoms. The highest BCUT2D eigenvalue weighted by atomic mass is 35.5. The Morgan fingerprint density at radius 3 is 1.86 bits per heavy atom. The van der Waals surface area contributed by atoms with Crippen molar-refractivity contribution in [1.29, 1.82) is 0 Å². The van der Waals surface area contributed by atoms with Gasteiger partial charge in [0.15, 0.2) is 0 Å². The van der Waals surface area contributed by atoms with Crippen LogP contribution in [0.2, 0.25) is 0 Å². The average Bonchev–Trinajstić information content (AvgIpc) is 2.49. The van der Waals surface area contributed by atoms with Crippen LogP contribution in [0.25, 0.3) is 0 Å². The van der Waals surface area contributed by atoms with Crippen molar-refractivity contribution < 1.29 is 9.53 Å². The smallest absolute Gasteiger partial charge is 0.305 e. The minimum absolute atomic E-state index is 0.0882. The quantitative estimate of drug-likeness (QED) is 0.203. The third-order valence-corrected chi connectivity index (χ3v) is 4.43. The fraction of sp³-hybridized carbons (Fsp3) is 0.944. The van der Waals surface area contributed by atoms with E-state index < -0.39 is 0 Å². The molecule has 0 aromatic heterocycles. The van der Waals surface area contributed by atoms with Crippen molar-refractivity contribution in [3.63, 3.8) is 0 Å². The lowest BCUT2D eigenvalue weighted by molar-refractivity contribution is -0.140. The van der Waals surface area contributed by atoms with Gasteiger partial charge in [0.25, 0.3) is 0 Å². The van der Waals surface area contributed by atoms with Crippen LogP contribution in [0.15, 0.2) is 0 Å². The molecular weight excluding hydrogens is 284 g/mol. The lowest BCUT2D eigenvalue weighted by Gasteiger charge is -2.09. The predicted octanol–water partition coefficient (Wildman–Crippen LogP) is 6.25. The van der Waals surface area contributed by atoms with E-state index in [1.165, 1.54) is 71.3 Å². The first-order valence-corrected chi connectivity index (χ1v) is 9.35. The second kappa shape index (κ2) is 16.1. The number of alkyl halides is 1. The molecule has 1 unspecified atom stereocenters.